The van der Waals surface area contributed by atoms with Crippen molar-refractivity contribution in [3.05, 3.63) is 59.7 Å². The van der Waals surface area contributed by atoms with Crippen molar-refractivity contribution < 1.29 is 13.6 Å². The number of hydrogen-bond acceptors (Lipinski definition) is 2. The Kier molecular flexibility index (Phi) is 3.35. The second-order valence-electron chi connectivity index (χ2n) is 6.04. The summed E-state index contributed by atoms with van der Waals surface area (Å²) in [6.07, 6.45) is 0. The Morgan fingerprint density at radius 3 is 2.68 bits per heavy atom. The molecule has 0 aliphatic carbocycles. The van der Waals surface area contributed by atoms with E-state index in [0.29, 0.717) is 12.2 Å². The summed E-state index contributed by atoms with van der Waals surface area (Å²) in [5.41, 5.74) is 0.834. The standard InChI is InChI=1S/C17H16F2N2O/c1-17(2)10-21(15-6-4-3-5-14(15)20-17)16(22)12-9-11(18)7-8-13(12)19/h3-9,20H,10H2,1-2H3. The van der Waals surface area contributed by atoms with E-state index in [1.165, 1.54) is 4.90 Å². The fraction of sp³-hybridized carbons (Fsp3) is 0.235. The van der Waals surface area contributed by atoms with Crippen LogP contribution < -0.4 is 10.2 Å². The quantitative estimate of drug-likeness (QED) is 0.868. The third-order valence-electron chi connectivity index (χ3n) is 3.63. The highest BCUT2D eigenvalue weighted by Gasteiger charge is 2.34. The first-order valence-corrected chi connectivity index (χ1v) is 7.01. The zero-order valence-electron chi connectivity index (χ0n) is 12.4. The van der Waals surface area contributed by atoms with Gasteiger partial charge in [-0.2, -0.15) is 0 Å². The average Bonchev–Trinajstić information content (AvgIpc) is 2.47. The smallest absolute Gasteiger partial charge is 0.261 e. The molecule has 1 aliphatic rings. The molecule has 0 saturated heterocycles. The van der Waals surface area contributed by atoms with E-state index in [2.05, 4.69) is 5.32 Å². The predicted octanol–water partition coefficient (Wildman–Crippen LogP) is 3.82. The molecule has 1 N–H and O–H groups in total. The van der Waals surface area contributed by atoms with Crippen molar-refractivity contribution in [2.24, 2.45) is 0 Å². The number of carbonyl (C=O) groups excluding carboxylic acids is 1. The number of fused-ring (bicyclic) bond motifs is 1. The summed E-state index contributed by atoms with van der Waals surface area (Å²) in [5.74, 6) is -1.90. The van der Waals surface area contributed by atoms with E-state index in [4.69, 9.17) is 0 Å². The van der Waals surface area contributed by atoms with E-state index in [-0.39, 0.29) is 11.1 Å². The van der Waals surface area contributed by atoms with Crippen LogP contribution in [-0.4, -0.2) is 18.0 Å². The van der Waals surface area contributed by atoms with Gasteiger partial charge < -0.3 is 10.2 Å². The molecule has 0 saturated carbocycles. The lowest BCUT2D eigenvalue weighted by Crippen LogP contribution is -2.50. The molecule has 3 nitrogen and oxygen atoms in total. The van der Waals surface area contributed by atoms with Gasteiger partial charge in [0.05, 0.1) is 16.9 Å². The SMILES string of the molecule is CC1(C)CN(C(=O)c2cc(F)ccc2F)c2ccccc2N1. The Hall–Kier alpha value is -2.43. The van der Waals surface area contributed by atoms with E-state index in [1.54, 1.807) is 12.1 Å². The van der Waals surface area contributed by atoms with Crippen LogP contribution in [0.3, 0.4) is 0 Å². The van der Waals surface area contributed by atoms with E-state index < -0.39 is 17.5 Å². The zero-order valence-corrected chi connectivity index (χ0v) is 12.4. The molecule has 0 aromatic heterocycles. The molecule has 0 bridgehead atoms. The van der Waals surface area contributed by atoms with Crippen LogP contribution in [0.25, 0.3) is 0 Å². The van der Waals surface area contributed by atoms with Gasteiger partial charge in [-0.3, -0.25) is 4.79 Å². The van der Waals surface area contributed by atoms with Gasteiger partial charge in [0.2, 0.25) is 0 Å². The van der Waals surface area contributed by atoms with Gasteiger partial charge in [0, 0.05) is 12.1 Å². The molecule has 2 aromatic rings. The number of halogens is 2. The summed E-state index contributed by atoms with van der Waals surface area (Å²) >= 11 is 0. The van der Waals surface area contributed by atoms with E-state index in [9.17, 15) is 13.6 Å². The van der Waals surface area contributed by atoms with Gasteiger partial charge in [-0.25, -0.2) is 8.78 Å². The monoisotopic (exact) mass is 302 g/mol. The summed E-state index contributed by atoms with van der Waals surface area (Å²) in [6, 6.07) is 10.2. The van der Waals surface area contributed by atoms with Gasteiger partial charge in [0.15, 0.2) is 0 Å². The topological polar surface area (TPSA) is 32.3 Å². The van der Waals surface area contributed by atoms with Gasteiger partial charge in [-0.1, -0.05) is 12.1 Å². The largest absolute Gasteiger partial charge is 0.377 e. The lowest BCUT2D eigenvalue weighted by atomic mass is 9.98. The van der Waals surface area contributed by atoms with Crippen LogP contribution >= 0.6 is 0 Å². The molecule has 3 rings (SSSR count). The summed E-state index contributed by atoms with van der Waals surface area (Å²) in [4.78, 5) is 14.2. The molecule has 114 valence electrons. The minimum atomic E-state index is -0.722. The Bertz CT molecular complexity index is 743. The third kappa shape index (κ3) is 2.54. The average molecular weight is 302 g/mol. The fourth-order valence-electron chi connectivity index (χ4n) is 2.69. The first-order chi connectivity index (χ1) is 10.4. The normalized spacial score (nSPS) is 15.9. The highest BCUT2D eigenvalue weighted by molar-refractivity contribution is 6.08. The number of benzene rings is 2. The summed E-state index contributed by atoms with van der Waals surface area (Å²) < 4.78 is 27.3. The van der Waals surface area contributed by atoms with Crippen LogP contribution in [0.2, 0.25) is 0 Å². The van der Waals surface area contributed by atoms with Gasteiger partial charge >= 0.3 is 0 Å². The van der Waals surface area contributed by atoms with Crippen molar-refractivity contribution in [1.29, 1.82) is 0 Å². The molecule has 1 aliphatic heterocycles. The van der Waals surface area contributed by atoms with Gasteiger partial charge in [0.25, 0.3) is 5.91 Å². The molecule has 1 amide bonds. The van der Waals surface area contributed by atoms with Crippen molar-refractivity contribution in [3.63, 3.8) is 0 Å². The number of nitrogens with zero attached hydrogens (tertiary/aromatic N) is 1. The molecular formula is C17H16F2N2O. The Morgan fingerprint density at radius 1 is 1.18 bits per heavy atom. The number of amides is 1. The summed E-state index contributed by atoms with van der Waals surface area (Å²) in [5, 5.41) is 3.34. The summed E-state index contributed by atoms with van der Waals surface area (Å²) in [7, 11) is 0. The highest BCUT2D eigenvalue weighted by Crippen LogP contribution is 2.35. The van der Waals surface area contributed by atoms with Crippen LogP contribution in [0, 0.1) is 11.6 Å². The van der Waals surface area contributed by atoms with Gasteiger partial charge in [0.1, 0.15) is 11.6 Å². The van der Waals surface area contributed by atoms with Crippen LogP contribution in [0.5, 0.6) is 0 Å². The van der Waals surface area contributed by atoms with Crippen molar-refractivity contribution in [2.45, 2.75) is 19.4 Å². The molecular weight excluding hydrogens is 286 g/mol. The number of carbonyl (C=O) groups is 1. The zero-order chi connectivity index (χ0) is 15.9. The molecule has 1 heterocycles. The maximum Gasteiger partial charge on any atom is 0.261 e. The summed E-state index contributed by atoms with van der Waals surface area (Å²) in [6.45, 7) is 4.26. The first-order valence-electron chi connectivity index (χ1n) is 7.01. The number of anilines is 2. The highest BCUT2D eigenvalue weighted by atomic mass is 19.1. The molecule has 0 fully saturated rings. The third-order valence-corrected chi connectivity index (χ3v) is 3.63. The predicted molar refractivity (Wildman–Crippen MR) is 82.2 cm³/mol. The Balaban J connectivity index is 2.07. The van der Waals surface area contributed by atoms with Crippen LogP contribution in [0.4, 0.5) is 20.2 Å². The van der Waals surface area contributed by atoms with Crippen LogP contribution in [0.15, 0.2) is 42.5 Å². The van der Waals surface area contributed by atoms with E-state index in [1.807, 2.05) is 26.0 Å². The molecule has 0 atom stereocenters. The Labute approximate surface area is 127 Å². The van der Waals surface area contributed by atoms with Crippen LogP contribution in [-0.2, 0) is 0 Å². The van der Waals surface area contributed by atoms with Gasteiger partial charge in [-0.15, -0.1) is 0 Å². The lowest BCUT2D eigenvalue weighted by Gasteiger charge is -2.40. The second-order valence-corrected chi connectivity index (χ2v) is 6.04. The van der Waals surface area contributed by atoms with Crippen molar-refractivity contribution in [1.82, 2.24) is 0 Å². The molecule has 0 spiro atoms. The Morgan fingerprint density at radius 2 is 1.91 bits per heavy atom. The number of rotatable bonds is 1. The van der Waals surface area contributed by atoms with Crippen molar-refractivity contribution in [3.8, 4) is 0 Å². The van der Waals surface area contributed by atoms with E-state index >= 15 is 0 Å². The fourth-order valence-corrected chi connectivity index (χ4v) is 2.69. The molecule has 5 heteroatoms. The molecule has 0 unspecified atom stereocenters. The minimum absolute atomic E-state index is 0.257. The molecule has 0 radical (unpaired) electrons. The number of para-hydroxylation sites is 2. The molecule has 2 aromatic carbocycles. The number of nitrogens with one attached hydrogen (secondary N) is 1. The lowest BCUT2D eigenvalue weighted by molar-refractivity contribution is 0.0977. The molecule has 22 heavy (non-hydrogen) atoms. The maximum atomic E-state index is 13.9. The van der Waals surface area contributed by atoms with Crippen molar-refractivity contribution in [2.75, 3.05) is 16.8 Å². The minimum Gasteiger partial charge on any atom is -0.377 e. The van der Waals surface area contributed by atoms with Crippen molar-refractivity contribution >= 4 is 17.3 Å². The van der Waals surface area contributed by atoms with Gasteiger partial charge in [-0.05, 0) is 44.2 Å². The second kappa shape index (κ2) is 5.09. The first kappa shape index (κ1) is 14.5. The van der Waals surface area contributed by atoms with Crippen LogP contribution in [0.1, 0.15) is 24.2 Å². The number of hydrogen-bond donors (Lipinski definition) is 1. The van der Waals surface area contributed by atoms with E-state index in [0.717, 1.165) is 23.9 Å². The maximum absolute atomic E-state index is 13.9.